The van der Waals surface area contributed by atoms with Crippen molar-refractivity contribution in [3.05, 3.63) is 124 Å². The van der Waals surface area contributed by atoms with Crippen molar-refractivity contribution in [2.45, 2.75) is 32.4 Å². The third kappa shape index (κ3) is 7.33. The predicted octanol–water partition coefficient (Wildman–Crippen LogP) is 4.17. The first kappa shape index (κ1) is 30.5. The Hall–Kier alpha value is -5.05. The third-order valence-electron chi connectivity index (χ3n) is 6.00. The minimum Gasteiger partial charge on any atom is -0.483 e. The molecule has 0 saturated carbocycles. The van der Waals surface area contributed by atoms with Gasteiger partial charge in [0.2, 0.25) is 5.43 Å². The molecule has 41 heavy (non-hydrogen) atoms. The number of allylic oxidation sites excluding steroid dienone is 1. The fraction of sp³-hybridized carbons (Fsp3) is 0.172. The Labute approximate surface area is 234 Å². The smallest absolute Gasteiger partial charge is 0.386 e. The van der Waals surface area contributed by atoms with E-state index in [4.69, 9.17) is 4.74 Å². The molecule has 0 fully saturated rings. The molecular weight excluding hydrogens is 536 g/mol. The molecule has 1 heterocycles. The summed E-state index contributed by atoms with van der Waals surface area (Å²) in [6.45, 7) is 6.90. The van der Waals surface area contributed by atoms with E-state index in [9.17, 15) is 32.8 Å². The quantitative estimate of drug-likeness (QED) is 0.254. The zero-order valence-electron chi connectivity index (χ0n) is 22.1. The summed E-state index contributed by atoms with van der Waals surface area (Å²) < 4.78 is 48.5. The Bertz CT molecular complexity index is 1550. The number of hydrogen-bond acceptors (Lipinski definition) is 5. The molecule has 210 valence electrons. The minimum atomic E-state index is -1.23. The van der Waals surface area contributed by atoms with E-state index >= 15 is 0 Å². The van der Waals surface area contributed by atoms with Gasteiger partial charge < -0.3 is 19.8 Å². The molecule has 0 spiro atoms. The number of nitriles is 1. The van der Waals surface area contributed by atoms with Crippen molar-refractivity contribution in [3.8, 4) is 11.7 Å². The van der Waals surface area contributed by atoms with Gasteiger partial charge in [0.1, 0.15) is 35.3 Å². The van der Waals surface area contributed by atoms with Gasteiger partial charge in [0.05, 0.1) is 0 Å². The van der Waals surface area contributed by atoms with E-state index in [1.807, 2.05) is 5.97 Å². The van der Waals surface area contributed by atoms with Crippen molar-refractivity contribution in [1.29, 1.82) is 5.26 Å². The number of halogens is 3. The maximum absolute atomic E-state index is 14.1. The molecule has 2 aromatic carbocycles. The standard InChI is InChI=1S/C29H26BF3N4O4/c1-4-11-30(17-34)37-15-22(28(39)35-14-21-23(32)12-20(31)13-24(21)33)26(38)27(25(37)29(40)36-18(3)5-2)41-16-19-9-7-6-8-10-19/h4-10,12-13,15,18H,1-2,11,14,16H2,3H3,(H,35,39)(H,36,40). The van der Waals surface area contributed by atoms with Gasteiger partial charge in [-0.15, -0.1) is 13.2 Å². The summed E-state index contributed by atoms with van der Waals surface area (Å²) in [5.41, 5.74) is -1.86. The van der Waals surface area contributed by atoms with Gasteiger partial charge in [-0.25, -0.2) is 18.4 Å². The van der Waals surface area contributed by atoms with Gasteiger partial charge in [-0.3, -0.25) is 14.4 Å². The van der Waals surface area contributed by atoms with E-state index in [2.05, 4.69) is 23.8 Å². The average molecular weight is 562 g/mol. The van der Waals surface area contributed by atoms with Crippen LogP contribution in [0.3, 0.4) is 0 Å². The number of nitrogens with one attached hydrogen (secondary N) is 2. The number of nitrogens with zero attached hydrogens (tertiary/aromatic N) is 2. The van der Waals surface area contributed by atoms with E-state index in [-0.39, 0.29) is 18.6 Å². The molecule has 0 saturated heterocycles. The molecule has 2 amide bonds. The second-order valence-electron chi connectivity index (χ2n) is 8.93. The molecule has 0 aliphatic heterocycles. The van der Waals surface area contributed by atoms with Gasteiger partial charge in [-0.1, -0.05) is 42.5 Å². The number of benzene rings is 2. The largest absolute Gasteiger partial charge is 0.483 e. The van der Waals surface area contributed by atoms with Crippen LogP contribution < -0.4 is 20.8 Å². The van der Waals surface area contributed by atoms with E-state index < -0.39 is 71.0 Å². The van der Waals surface area contributed by atoms with Crippen molar-refractivity contribution in [1.82, 2.24) is 15.1 Å². The van der Waals surface area contributed by atoms with Crippen molar-refractivity contribution in [3.63, 3.8) is 0 Å². The van der Waals surface area contributed by atoms with Crippen LogP contribution in [0.1, 0.15) is 38.9 Å². The van der Waals surface area contributed by atoms with Crippen LogP contribution in [0.15, 0.2) is 78.8 Å². The number of hydrogen-bond donors (Lipinski definition) is 2. The topological polar surface area (TPSA) is 113 Å². The van der Waals surface area contributed by atoms with Crippen molar-refractivity contribution >= 4 is 18.7 Å². The molecule has 3 rings (SSSR count). The fourth-order valence-electron chi connectivity index (χ4n) is 3.83. The van der Waals surface area contributed by atoms with Gasteiger partial charge >= 0.3 is 6.85 Å². The van der Waals surface area contributed by atoms with E-state index in [0.29, 0.717) is 17.7 Å². The highest BCUT2D eigenvalue weighted by Gasteiger charge is 2.31. The lowest BCUT2D eigenvalue weighted by Gasteiger charge is -2.21. The summed E-state index contributed by atoms with van der Waals surface area (Å²) in [5, 5.41) is 14.8. The highest BCUT2D eigenvalue weighted by Crippen LogP contribution is 2.20. The number of carbonyl (C=O) groups excluding carboxylic acids is 2. The van der Waals surface area contributed by atoms with Gasteiger partial charge in [-0.2, -0.15) is 0 Å². The molecular formula is C29H26BF3N4O4. The molecule has 1 unspecified atom stereocenters. The zero-order chi connectivity index (χ0) is 30.1. The average Bonchev–Trinajstić information content (AvgIpc) is 2.94. The maximum atomic E-state index is 14.1. The molecule has 1 aromatic heterocycles. The summed E-state index contributed by atoms with van der Waals surface area (Å²) in [5.74, 6) is -3.94. The second-order valence-corrected chi connectivity index (χ2v) is 8.93. The molecule has 0 bridgehead atoms. The van der Waals surface area contributed by atoms with Crippen LogP contribution >= 0.6 is 0 Å². The van der Waals surface area contributed by atoms with Crippen LogP contribution in [0.4, 0.5) is 13.2 Å². The lowest BCUT2D eigenvalue weighted by atomic mass is 9.60. The summed E-state index contributed by atoms with van der Waals surface area (Å²) >= 11 is 0. The Balaban J connectivity index is 2.16. The van der Waals surface area contributed by atoms with E-state index in [1.165, 1.54) is 12.2 Å². The number of pyridine rings is 1. The summed E-state index contributed by atoms with van der Waals surface area (Å²) in [6, 6.07) is 9.07. The Morgan fingerprint density at radius 2 is 1.80 bits per heavy atom. The molecule has 0 radical (unpaired) electrons. The van der Waals surface area contributed by atoms with Gasteiger partial charge in [0.25, 0.3) is 11.8 Å². The van der Waals surface area contributed by atoms with Crippen molar-refractivity contribution in [2.75, 3.05) is 0 Å². The van der Waals surface area contributed by atoms with Crippen LogP contribution in [-0.4, -0.2) is 29.2 Å². The first-order chi connectivity index (χ1) is 19.6. The summed E-state index contributed by atoms with van der Waals surface area (Å²) in [6.07, 6.45) is 3.91. The second kappa shape index (κ2) is 13.8. The Morgan fingerprint density at radius 3 is 2.39 bits per heavy atom. The molecule has 1 atom stereocenters. The highest BCUT2D eigenvalue weighted by atomic mass is 19.1. The molecule has 0 aliphatic carbocycles. The van der Waals surface area contributed by atoms with Crippen molar-refractivity contribution in [2.24, 2.45) is 0 Å². The lowest BCUT2D eigenvalue weighted by molar-refractivity contribution is 0.0924. The van der Waals surface area contributed by atoms with Crippen LogP contribution in [0.2, 0.25) is 6.32 Å². The van der Waals surface area contributed by atoms with E-state index in [1.54, 1.807) is 37.3 Å². The van der Waals surface area contributed by atoms with Gasteiger partial charge in [0, 0.05) is 42.4 Å². The Morgan fingerprint density at radius 1 is 1.15 bits per heavy atom. The number of aromatic nitrogens is 1. The monoisotopic (exact) mass is 562 g/mol. The number of amides is 2. The van der Waals surface area contributed by atoms with Gasteiger partial charge in [-0.05, 0) is 18.8 Å². The molecule has 8 nitrogen and oxygen atoms in total. The highest BCUT2D eigenvalue weighted by molar-refractivity contribution is 6.66. The number of ether oxygens (including phenoxy) is 1. The first-order valence-corrected chi connectivity index (χ1v) is 12.4. The van der Waals surface area contributed by atoms with Crippen molar-refractivity contribution < 1.29 is 27.5 Å². The molecule has 2 N–H and O–H groups in total. The summed E-state index contributed by atoms with van der Waals surface area (Å²) in [4.78, 5) is 40.2. The van der Waals surface area contributed by atoms with Gasteiger partial charge in [0.15, 0.2) is 5.75 Å². The predicted molar refractivity (Wildman–Crippen MR) is 148 cm³/mol. The summed E-state index contributed by atoms with van der Waals surface area (Å²) in [7, 11) is 0. The number of carbonyl (C=O) groups is 2. The minimum absolute atomic E-state index is 0.0296. The first-order valence-electron chi connectivity index (χ1n) is 12.4. The molecule has 3 aromatic rings. The van der Waals surface area contributed by atoms with E-state index in [0.717, 1.165) is 10.7 Å². The SMILES string of the molecule is C=CCB(C#N)n1cc(C(=O)NCc2c(F)cc(F)cc2F)c(=O)c(OCc2ccccc2)c1C(=O)NC(C)C=C. The normalized spacial score (nSPS) is 11.1. The molecule has 12 heteroatoms. The Kier molecular flexibility index (Phi) is 10.3. The third-order valence-corrected chi connectivity index (χ3v) is 6.00. The molecule has 0 aliphatic rings. The van der Waals surface area contributed by atoms with Crippen LogP contribution in [0, 0.1) is 28.7 Å². The van der Waals surface area contributed by atoms with Crippen LogP contribution in [-0.2, 0) is 13.2 Å². The maximum Gasteiger partial charge on any atom is 0.386 e. The lowest BCUT2D eigenvalue weighted by Crippen LogP contribution is -2.40. The van der Waals surface area contributed by atoms with Crippen LogP contribution in [0.5, 0.6) is 5.75 Å². The van der Waals surface area contributed by atoms with Crippen LogP contribution in [0.25, 0.3) is 0 Å². The zero-order valence-corrected chi connectivity index (χ0v) is 22.1. The number of rotatable bonds is 12. The fourth-order valence-corrected chi connectivity index (χ4v) is 3.83.